The summed E-state index contributed by atoms with van der Waals surface area (Å²) in [6.45, 7) is 2.07. The van der Waals surface area contributed by atoms with Crippen molar-refractivity contribution < 1.29 is 9.53 Å². The molecule has 2 rings (SSSR count). The highest BCUT2D eigenvalue weighted by atomic mass is 35.5. The minimum absolute atomic E-state index is 0.157. The lowest BCUT2D eigenvalue weighted by atomic mass is 10.3. The summed E-state index contributed by atoms with van der Waals surface area (Å²) in [5.41, 5.74) is 1.45. The number of aromatic nitrogens is 3. The quantitative estimate of drug-likeness (QED) is 0.637. The molecule has 7 heteroatoms. The van der Waals surface area contributed by atoms with Crippen molar-refractivity contribution in [1.82, 2.24) is 14.6 Å². The van der Waals surface area contributed by atoms with E-state index in [1.165, 1.54) is 0 Å². The first-order valence-electron chi connectivity index (χ1n) is 5.29. The lowest BCUT2D eigenvalue weighted by Gasteiger charge is -2.03. The molecule has 18 heavy (non-hydrogen) atoms. The second-order valence-corrected chi connectivity index (χ2v) is 4.61. The van der Waals surface area contributed by atoms with Crippen molar-refractivity contribution in [2.24, 2.45) is 0 Å². The second kappa shape index (κ2) is 5.88. The third kappa shape index (κ3) is 3.02. The van der Waals surface area contributed by atoms with Crippen LogP contribution in [-0.2, 0) is 17.8 Å². The number of hydrogen-bond acceptors (Lipinski definition) is 6. The predicted molar refractivity (Wildman–Crippen MR) is 67.7 cm³/mol. The molecule has 0 aliphatic rings. The van der Waals surface area contributed by atoms with Gasteiger partial charge in [-0.05, 0) is 24.0 Å². The van der Waals surface area contributed by atoms with Gasteiger partial charge in [-0.2, -0.15) is 0 Å². The third-order valence-corrected chi connectivity index (χ3v) is 3.21. The Hall–Kier alpha value is -1.53. The molecule has 0 bridgehead atoms. The summed E-state index contributed by atoms with van der Waals surface area (Å²) in [5, 5.41) is 4.27. The summed E-state index contributed by atoms with van der Waals surface area (Å²) in [4.78, 5) is 16.2. The fraction of sp³-hybridized carbons (Fsp3) is 0.273. The van der Waals surface area contributed by atoms with E-state index in [9.17, 15) is 4.79 Å². The van der Waals surface area contributed by atoms with Gasteiger partial charge >= 0.3 is 5.97 Å². The van der Waals surface area contributed by atoms with Crippen molar-refractivity contribution in [3.05, 3.63) is 39.6 Å². The minimum Gasteiger partial charge on any atom is -0.456 e. The van der Waals surface area contributed by atoms with Gasteiger partial charge in [0, 0.05) is 11.8 Å². The van der Waals surface area contributed by atoms with Crippen LogP contribution in [0.1, 0.15) is 27.9 Å². The molecule has 0 fully saturated rings. The van der Waals surface area contributed by atoms with Gasteiger partial charge in [-0.25, -0.2) is 9.78 Å². The molecule has 0 aliphatic heterocycles. The van der Waals surface area contributed by atoms with E-state index in [4.69, 9.17) is 16.3 Å². The first kappa shape index (κ1) is 12.9. The highest BCUT2D eigenvalue weighted by Crippen LogP contribution is 2.14. The maximum atomic E-state index is 11.8. The maximum Gasteiger partial charge on any atom is 0.352 e. The number of halogens is 1. The van der Waals surface area contributed by atoms with E-state index < -0.39 is 5.97 Å². The van der Waals surface area contributed by atoms with Crippen molar-refractivity contribution in [1.29, 1.82) is 0 Å². The van der Waals surface area contributed by atoms with Gasteiger partial charge in [-0.3, -0.25) is 0 Å². The summed E-state index contributed by atoms with van der Waals surface area (Å²) in [7, 11) is 0. The number of nitrogens with zero attached hydrogens (tertiary/aromatic N) is 3. The topological polar surface area (TPSA) is 65.0 Å². The summed E-state index contributed by atoms with van der Waals surface area (Å²) >= 11 is 6.71. The number of carbonyl (C=O) groups is 1. The summed E-state index contributed by atoms with van der Waals surface area (Å²) < 4.78 is 8.90. The van der Waals surface area contributed by atoms with Crippen LogP contribution in [0.2, 0.25) is 5.15 Å². The van der Waals surface area contributed by atoms with Crippen LogP contribution in [0.5, 0.6) is 0 Å². The molecule has 0 atom stereocenters. The largest absolute Gasteiger partial charge is 0.456 e. The van der Waals surface area contributed by atoms with Crippen molar-refractivity contribution in [3.63, 3.8) is 0 Å². The fourth-order valence-electron chi connectivity index (χ4n) is 1.30. The number of carbonyl (C=O) groups excluding carboxylic acids is 1. The van der Waals surface area contributed by atoms with E-state index in [2.05, 4.69) is 14.6 Å². The summed E-state index contributed by atoms with van der Waals surface area (Å²) in [5.74, 6) is -0.406. The zero-order chi connectivity index (χ0) is 13.0. The molecule has 0 aliphatic carbocycles. The average Bonchev–Trinajstić information content (AvgIpc) is 2.86. The first-order valence-corrected chi connectivity index (χ1v) is 6.44. The van der Waals surface area contributed by atoms with Crippen molar-refractivity contribution in [3.8, 4) is 0 Å². The highest BCUT2D eigenvalue weighted by molar-refractivity contribution is 7.07. The van der Waals surface area contributed by atoms with Crippen molar-refractivity contribution in [2.75, 3.05) is 0 Å². The van der Waals surface area contributed by atoms with E-state index in [1.54, 1.807) is 18.3 Å². The minimum atomic E-state index is -0.406. The molecule has 0 spiro atoms. The molecular formula is C11H10ClN3O2S. The van der Waals surface area contributed by atoms with Crippen molar-refractivity contribution in [2.45, 2.75) is 20.0 Å². The SMILES string of the molecule is CCc1nnsc1C(=O)OCc1ccc(Cl)nc1. The number of esters is 1. The van der Waals surface area contributed by atoms with Gasteiger partial charge in [-0.15, -0.1) is 5.10 Å². The normalized spacial score (nSPS) is 10.3. The van der Waals surface area contributed by atoms with Crippen LogP contribution < -0.4 is 0 Å². The lowest BCUT2D eigenvalue weighted by molar-refractivity contribution is 0.0476. The lowest BCUT2D eigenvalue weighted by Crippen LogP contribution is -2.06. The molecular weight excluding hydrogens is 274 g/mol. The molecule has 5 nitrogen and oxygen atoms in total. The highest BCUT2D eigenvalue weighted by Gasteiger charge is 2.16. The van der Waals surface area contributed by atoms with Gasteiger partial charge in [0.2, 0.25) is 0 Å². The Morgan fingerprint density at radius 1 is 1.50 bits per heavy atom. The molecule has 0 saturated carbocycles. The molecule has 2 aromatic heterocycles. The van der Waals surface area contributed by atoms with Gasteiger partial charge in [0.05, 0.1) is 5.69 Å². The molecule has 0 aromatic carbocycles. The van der Waals surface area contributed by atoms with Crippen molar-refractivity contribution >= 4 is 29.1 Å². The monoisotopic (exact) mass is 283 g/mol. The van der Waals surface area contributed by atoms with Crippen LogP contribution in [0.25, 0.3) is 0 Å². The summed E-state index contributed by atoms with van der Waals surface area (Å²) in [6.07, 6.45) is 2.23. The smallest absolute Gasteiger partial charge is 0.352 e. The number of rotatable bonds is 4. The molecule has 0 radical (unpaired) electrons. The molecule has 2 heterocycles. The van der Waals surface area contributed by atoms with Gasteiger partial charge in [0.25, 0.3) is 0 Å². The van der Waals surface area contributed by atoms with Crippen LogP contribution >= 0.6 is 23.1 Å². The van der Waals surface area contributed by atoms with Crippen LogP contribution in [0.4, 0.5) is 0 Å². The molecule has 0 unspecified atom stereocenters. The van der Waals surface area contributed by atoms with E-state index in [1.807, 2.05) is 6.92 Å². The van der Waals surface area contributed by atoms with Gasteiger partial charge in [0.15, 0.2) is 4.88 Å². The Balaban J connectivity index is 1.98. The van der Waals surface area contributed by atoms with E-state index in [-0.39, 0.29) is 6.61 Å². The molecule has 0 amide bonds. The van der Waals surface area contributed by atoms with Crippen LogP contribution in [-0.4, -0.2) is 20.5 Å². The molecule has 0 N–H and O–H groups in total. The van der Waals surface area contributed by atoms with Crippen LogP contribution in [0.3, 0.4) is 0 Å². The van der Waals surface area contributed by atoms with Gasteiger partial charge < -0.3 is 4.74 Å². The average molecular weight is 284 g/mol. The van der Waals surface area contributed by atoms with Gasteiger partial charge in [-0.1, -0.05) is 29.1 Å². The Bertz CT molecular complexity index is 541. The van der Waals surface area contributed by atoms with Crippen LogP contribution in [0.15, 0.2) is 18.3 Å². The molecule has 0 saturated heterocycles. The Labute approximate surface area is 113 Å². The summed E-state index contributed by atoms with van der Waals surface area (Å²) in [6, 6.07) is 3.41. The van der Waals surface area contributed by atoms with E-state index in [0.717, 1.165) is 17.1 Å². The third-order valence-electron chi connectivity index (χ3n) is 2.23. The Morgan fingerprint density at radius 3 is 3.00 bits per heavy atom. The number of ether oxygens (including phenoxy) is 1. The van der Waals surface area contributed by atoms with E-state index in [0.29, 0.717) is 22.1 Å². The Kier molecular flexibility index (Phi) is 4.22. The standard InChI is InChI=1S/C11H10ClN3O2S/c1-2-8-10(18-15-14-8)11(16)17-6-7-3-4-9(12)13-5-7/h3-5H,2,6H2,1H3. The van der Waals surface area contributed by atoms with E-state index >= 15 is 0 Å². The zero-order valence-corrected chi connectivity index (χ0v) is 11.2. The first-order chi connectivity index (χ1) is 8.70. The predicted octanol–water partition coefficient (Wildman–Crippen LogP) is 2.51. The fourth-order valence-corrected chi connectivity index (χ4v) is 2.06. The second-order valence-electron chi connectivity index (χ2n) is 3.47. The molecule has 2 aromatic rings. The number of hydrogen-bond donors (Lipinski definition) is 0. The number of pyridine rings is 1. The molecule has 94 valence electrons. The maximum absolute atomic E-state index is 11.8. The Morgan fingerprint density at radius 2 is 2.33 bits per heavy atom. The zero-order valence-electron chi connectivity index (χ0n) is 9.59. The van der Waals surface area contributed by atoms with Crippen LogP contribution in [0, 0.1) is 0 Å². The van der Waals surface area contributed by atoms with Gasteiger partial charge in [0.1, 0.15) is 11.8 Å². The number of aryl methyl sites for hydroxylation is 1.